The average Bonchev–Trinajstić information content (AvgIpc) is 2.17. The number of hydrogen-bond donors (Lipinski definition) is 1. The van der Waals surface area contributed by atoms with E-state index in [4.69, 9.17) is 4.42 Å². The Morgan fingerprint density at radius 2 is 2.21 bits per heavy atom. The van der Waals surface area contributed by atoms with Crippen LogP contribution in [0.4, 0.5) is 0 Å². The summed E-state index contributed by atoms with van der Waals surface area (Å²) in [5, 5.41) is 10.1. The van der Waals surface area contributed by atoms with Crippen LogP contribution >= 0.6 is 0 Å². The van der Waals surface area contributed by atoms with Crippen LogP contribution in [-0.2, 0) is 6.42 Å². The number of aromatic hydroxyl groups is 1. The summed E-state index contributed by atoms with van der Waals surface area (Å²) in [6, 6.07) is 6.56. The van der Waals surface area contributed by atoms with Crippen LogP contribution < -0.4 is 5.63 Å². The van der Waals surface area contributed by atoms with Crippen LogP contribution in [0, 0.1) is 0 Å². The molecule has 0 atom stereocenters. The van der Waals surface area contributed by atoms with Crippen LogP contribution in [0.15, 0.2) is 33.5 Å². The van der Waals surface area contributed by atoms with E-state index in [-0.39, 0.29) is 11.4 Å². The molecule has 0 aliphatic heterocycles. The van der Waals surface area contributed by atoms with Gasteiger partial charge < -0.3 is 9.52 Å². The van der Waals surface area contributed by atoms with Crippen LogP contribution in [-0.4, -0.2) is 5.11 Å². The Hall–Kier alpha value is -1.77. The molecule has 1 heterocycles. The predicted molar refractivity (Wildman–Crippen MR) is 53.5 cm³/mol. The third-order valence-electron chi connectivity index (χ3n) is 2.21. The van der Waals surface area contributed by atoms with Gasteiger partial charge in [0.1, 0.15) is 11.3 Å². The van der Waals surface area contributed by atoms with Gasteiger partial charge in [0.25, 0.3) is 0 Å². The van der Waals surface area contributed by atoms with E-state index in [2.05, 4.69) is 0 Å². The molecule has 72 valence electrons. The van der Waals surface area contributed by atoms with Crippen LogP contribution in [0.25, 0.3) is 11.0 Å². The van der Waals surface area contributed by atoms with E-state index in [1.165, 1.54) is 0 Å². The lowest BCUT2D eigenvalue weighted by atomic mass is 10.1. The van der Waals surface area contributed by atoms with Crippen molar-refractivity contribution >= 4 is 11.0 Å². The highest BCUT2D eigenvalue weighted by Crippen LogP contribution is 2.23. The summed E-state index contributed by atoms with van der Waals surface area (Å²) in [5.74, 6) is 0.140. The van der Waals surface area contributed by atoms with E-state index in [0.717, 1.165) is 0 Å². The van der Waals surface area contributed by atoms with Crippen molar-refractivity contribution < 1.29 is 9.52 Å². The predicted octanol–water partition coefficient (Wildman–Crippen LogP) is 2.06. The molecule has 0 bridgehead atoms. The van der Waals surface area contributed by atoms with Crippen molar-refractivity contribution in [3.8, 4) is 5.75 Å². The second-order valence-corrected chi connectivity index (χ2v) is 3.10. The van der Waals surface area contributed by atoms with Gasteiger partial charge in [-0.2, -0.15) is 0 Å². The summed E-state index contributed by atoms with van der Waals surface area (Å²) in [6.45, 7) is 1.87. The van der Waals surface area contributed by atoms with Gasteiger partial charge in [0.2, 0.25) is 0 Å². The first-order valence-electron chi connectivity index (χ1n) is 4.47. The largest absolute Gasteiger partial charge is 0.507 e. The molecule has 3 nitrogen and oxygen atoms in total. The molecule has 0 saturated carbocycles. The van der Waals surface area contributed by atoms with Gasteiger partial charge in [-0.15, -0.1) is 0 Å². The summed E-state index contributed by atoms with van der Waals surface area (Å²) in [5.41, 5.74) is 0.678. The lowest BCUT2D eigenvalue weighted by Gasteiger charge is -2.00. The van der Waals surface area contributed by atoms with Crippen molar-refractivity contribution in [2.75, 3.05) is 0 Å². The monoisotopic (exact) mass is 190 g/mol. The van der Waals surface area contributed by atoms with Crippen LogP contribution in [0.3, 0.4) is 0 Å². The summed E-state index contributed by atoms with van der Waals surface area (Å²) < 4.78 is 5.05. The van der Waals surface area contributed by atoms with E-state index in [1.807, 2.05) is 6.92 Å². The normalized spacial score (nSPS) is 10.6. The number of aryl methyl sites for hydroxylation is 1. The van der Waals surface area contributed by atoms with E-state index in [9.17, 15) is 9.90 Å². The molecule has 14 heavy (non-hydrogen) atoms. The number of hydrogen-bond acceptors (Lipinski definition) is 3. The topological polar surface area (TPSA) is 50.4 Å². The maximum absolute atomic E-state index is 11.3. The SMILES string of the molecule is CCc1cc2c(O)cccc2oc1=O. The zero-order chi connectivity index (χ0) is 10.1. The van der Waals surface area contributed by atoms with Gasteiger partial charge in [-0.1, -0.05) is 13.0 Å². The van der Waals surface area contributed by atoms with Gasteiger partial charge in [0.15, 0.2) is 0 Å². The molecule has 2 rings (SSSR count). The number of benzene rings is 1. The highest BCUT2D eigenvalue weighted by atomic mass is 16.4. The first kappa shape index (κ1) is 8.81. The quantitative estimate of drug-likeness (QED) is 0.700. The molecule has 1 aromatic carbocycles. The summed E-state index contributed by atoms with van der Waals surface area (Å²) in [6.07, 6.45) is 0.604. The highest BCUT2D eigenvalue weighted by Gasteiger charge is 2.05. The minimum atomic E-state index is -0.328. The zero-order valence-electron chi connectivity index (χ0n) is 7.78. The minimum absolute atomic E-state index is 0.140. The second-order valence-electron chi connectivity index (χ2n) is 3.10. The van der Waals surface area contributed by atoms with Crippen molar-refractivity contribution in [1.82, 2.24) is 0 Å². The Morgan fingerprint density at radius 3 is 2.93 bits per heavy atom. The maximum Gasteiger partial charge on any atom is 0.339 e. The number of phenolic OH excluding ortho intramolecular Hbond substituents is 1. The van der Waals surface area contributed by atoms with Crippen molar-refractivity contribution in [2.24, 2.45) is 0 Å². The Bertz CT molecular complexity index is 526. The Kier molecular flexibility index (Phi) is 2.00. The zero-order valence-corrected chi connectivity index (χ0v) is 7.78. The Labute approximate surface area is 80.6 Å². The van der Waals surface area contributed by atoms with E-state index < -0.39 is 0 Å². The fourth-order valence-electron chi connectivity index (χ4n) is 1.41. The molecule has 0 aliphatic rings. The van der Waals surface area contributed by atoms with Crippen LogP contribution in [0.1, 0.15) is 12.5 Å². The molecule has 0 aliphatic carbocycles. The minimum Gasteiger partial charge on any atom is -0.507 e. The molecule has 0 radical (unpaired) electrons. The molecular weight excluding hydrogens is 180 g/mol. The van der Waals surface area contributed by atoms with Crippen molar-refractivity contribution in [3.63, 3.8) is 0 Å². The molecule has 1 aromatic heterocycles. The first-order chi connectivity index (χ1) is 6.72. The average molecular weight is 190 g/mol. The molecule has 0 unspecified atom stereocenters. The molecule has 0 spiro atoms. The molecule has 0 saturated heterocycles. The fourth-order valence-corrected chi connectivity index (χ4v) is 1.41. The maximum atomic E-state index is 11.3. The molecule has 2 aromatic rings. The Morgan fingerprint density at radius 1 is 1.43 bits per heavy atom. The standard InChI is InChI=1S/C11H10O3/c1-2-7-6-8-9(12)4-3-5-10(8)14-11(7)13/h3-6,12H,2H2,1H3. The summed E-state index contributed by atoms with van der Waals surface area (Å²) in [4.78, 5) is 11.3. The molecule has 0 fully saturated rings. The van der Waals surface area contributed by atoms with Gasteiger partial charge in [-0.05, 0) is 24.6 Å². The van der Waals surface area contributed by atoms with Crippen LogP contribution in [0.2, 0.25) is 0 Å². The summed E-state index contributed by atoms with van der Waals surface area (Å²) in [7, 11) is 0. The molecule has 3 heteroatoms. The Balaban J connectivity index is 2.87. The summed E-state index contributed by atoms with van der Waals surface area (Å²) >= 11 is 0. The third kappa shape index (κ3) is 1.27. The lowest BCUT2D eigenvalue weighted by molar-refractivity contribution is 0.478. The van der Waals surface area contributed by atoms with Gasteiger partial charge in [0.05, 0.1) is 5.39 Å². The highest BCUT2D eigenvalue weighted by molar-refractivity contribution is 5.83. The fraction of sp³-hybridized carbons (Fsp3) is 0.182. The smallest absolute Gasteiger partial charge is 0.339 e. The van der Waals surface area contributed by atoms with E-state index >= 15 is 0 Å². The van der Waals surface area contributed by atoms with Gasteiger partial charge in [0, 0.05) is 5.56 Å². The van der Waals surface area contributed by atoms with Crippen molar-refractivity contribution in [1.29, 1.82) is 0 Å². The van der Waals surface area contributed by atoms with Gasteiger partial charge in [-0.3, -0.25) is 0 Å². The van der Waals surface area contributed by atoms with E-state index in [1.54, 1.807) is 24.3 Å². The first-order valence-corrected chi connectivity index (χ1v) is 4.47. The molecular formula is C11H10O3. The number of fused-ring (bicyclic) bond motifs is 1. The number of phenols is 1. The molecule has 0 amide bonds. The van der Waals surface area contributed by atoms with Crippen molar-refractivity contribution in [3.05, 3.63) is 40.2 Å². The third-order valence-corrected chi connectivity index (χ3v) is 2.21. The second kappa shape index (κ2) is 3.18. The lowest BCUT2D eigenvalue weighted by Crippen LogP contribution is -2.05. The molecule has 1 N–H and O–H groups in total. The van der Waals surface area contributed by atoms with Gasteiger partial charge >= 0.3 is 5.63 Å². The van der Waals surface area contributed by atoms with E-state index in [0.29, 0.717) is 23.0 Å². The number of rotatable bonds is 1. The van der Waals surface area contributed by atoms with Gasteiger partial charge in [-0.25, -0.2) is 4.79 Å². The van der Waals surface area contributed by atoms with Crippen LogP contribution in [0.5, 0.6) is 5.75 Å². The van der Waals surface area contributed by atoms with Crippen molar-refractivity contribution in [2.45, 2.75) is 13.3 Å².